The van der Waals surface area contributed by atoms with Crippen LogP contribution in [0.4, 0.5) is 5.82 Å². The lowest BCUT2D eigenvalue weighted by Crippen LogP contribution is -2.36. The van der Waals surface area contributed by atoms with Crippen molar-refractivity contribution in [2.24, 2.45) is 0 Å². The highest BCUT2D eigenvalue weighted by Crippen LogP contribution is 2.24. The largest absolute Gasteiger partial charge is 0.369 e. The van der Waals surface area contributed by atoms with Crippen molar-refractivity contribution in [1.29, 1.82) is 0 Å². The summed E-state index contributed by atoms with van der Waals surface area (Å²) in [6.45, 7) is 6.80. The van der Waals surface area contributed by atoms with Crippen LogP contribution in [0.15, 0.2) is 6.07 Å². The zero-order valence-electron chi connectivity index (χ0n) is 12.2. The second kappa shape index (κ2) is 6.28. The van der Waals surface area contributed by atoms with Gasteiger partial charge in [0.15, 0.2) is 0 Å². The Morgan fingerprint density at radius 3 is 2.80 bits per heavy atom. The number of morpholine rings is 1. The third-order valence-electron chi connectivity index (χ3n) is 3.78. The highest BCUT2D eigenvalue weighted by Gasteiger charge is 2.23. The Kier molecular flexibility index (Phi) is 4.43. The van der Waals surface area contributed by atoms with E-state index in [1.807, 2.05) is 18.7 Å². The van der Waals surface area contributed by atoms with Crippen molar-refractivity contribution in [2.45, 2.75) is 13.0 Å². The first kappa shape index (κ1) is 14.1. The van der Waals surface area contributed by atoms with E-state index in [1.165, 1.54) is 11.5 Å². The summed E-state index contributed by atoms with van der Waals surface area (Å²) in [4.78, 5) is 13.9. The fraction of sp³-hybridized carbons (Fsp3) is 0.714. The van der Waals surface area contributed by atoms with E-state index in [4.69, 9.17) is 4.74 Å². The second-order valence-electron chi connectivity index (χ2n) is 5.42. The summed E-state index contributed by atoms with van der Waals surface area (Å²) in [6.07, 6.45) is 0.0772. The highest BCUT2D eigenvalue weighted by atomic mass is 32.2. The summed E-state index contributed by atoms with van der Waals surface area (Å²) in [5, 5.41) is 0. The summed E-state index contributed by atoms with van der Waals surface area (Å²) in [6, 6.07) is 2.12. The number of rotatable bonds is 2. The minimum Gasteiger partial charge on any atom is -0.369 e. The van der Waals surface area contributed by atoms with Gasteiger partial charge in [-0.25, -0.2) is 9.97 Å². The van der Waals surface area contributed by atoms with Crippen LogP contribution in [0, 0.1) is 6.92 Å². The number of nitrogens with zero attached hydrogens (tertiary/aromatic N) is 4. The van der Waals surface area contributed by atoms with Crippen LogP contribution in [-0.2, 0) is 4.74 Å². The average Bonchev–Trinajstić information content (AvgIpc) is 2.47. The molecule has 3 rings (SSSR count). The number of hydrogen-bond donors (Lipinski definition) is 0. The number of hydrogen-bond acceptors (Lipinski definition) is 6. The van der Waals surface area contributed by atoms with Crippen LogP contribution in [0.25, 0.3) is 0 Å². The molecule has 2 fully saturated rings. The number of anilines is 1. The van der Waals surface area contributed by atoms with Crippen molar-refractivity contribution in [3.8, 4) is 0 Å². The van der Waals surface area contributed by atoms with Gasteiger partial charge in [0.25, 0.3) is 0 Å². The summed E-state index contributed by atoms with van der Waals surface area (Å²) in [5.41, 5.74) is 1.03. The van der Waals surface area contributed by atoms with Gasteiger partial charge in [0.05, 0.1) is 12.3 Å². The molecule has 2 aliphatic heterocycles. The number of likely N-dealkylation sites (N-methyl/N-ethyl adjacent to an activating group) is 1. The maximum atomic E-state index is 5.88. The van der Waals surface area contributed by atoms with Gasteiger partial charge in [0.1, 0.15) is 17.7 Å². The molecular weight excluding hydrogens is 272 g/mol. The Hall–Kier alpha value is -0.850. The van der Waals surface area contributed by atoms with Gasteiger partial charge >= 0.3 is 0 Å². The SMILES string of the molecule is Cc1nc(C2CN(C)CCO2)cc(N2CCSCC2)n1. The van der Waals surface area contributed by atoms with Gasteiger partial charge < -0.3 is 14.5 Å². The molecule has 3 heterocycles. The number of ether oxygens (including phenoxy) is 1. The normalized spacial score (nSPS) is 24.9. The molecule has 0 N–H and O–H groups in total. The Morgan fingerprint density at radius 2 is 2.05 bits per heavy atom. The summed E-state index contributed by atoms with van der Waals surface area (Å²) in [7, 11) is 2.13. The monoisotopic (exact) mass is 294 g/mol. The van der Waals surface area contributed by atoms with Crippen molar-refractivity contribution in [3.63, 3.8) is 0 Å². The molecule has 0 bridgehead atoms. The number of aryl methyl sites for hydroxylation is 1. The first-order valence-electron chi connectivity index (χ1n) is 7.21. The van der Waals surface area contributed by atoms with Gasteiger partial charge in [-0.05, 0) is 14.0 Å². The molecule has 1 aromatic rings. The summed E-state index contributed by atoms with van der Waals surface area (Å²) < 4.78 is 5.88. The smallest absolute Gasteiger partial charge is 0.132 e. The van der Waals surface area contributed by atoms with Crippen LogP contribution in [0.1, 0.15) is 17.6 Å². The zero-order chi connectivity index (χ0) is 13.9. The molecule has 1 unspecified atom stereocenters. The van der Waals surface area contributed by atoms with E-state index in [0.717, 1.165) is 50.1 Å². The fourth-order valence-electron chi connectivity index (χ4n) is 2.65. The molecular formula is C14H22N4OS. The molecule has 6 heteroatoms. The molecule has 5 nitrogen and oxygen atoms in total. The average molecular weight is 294 g/mol. The molecule has 1 atom stereocenters. The number of thioether (sulfide) groups is 1. The van der Waals surface area contributed by atoms with Crippen molar-refractivity contribution in [1.82, 2.24) is 14.9 Å². The van der Waals surface area contributed by atoms with Crippen molar-refractivity contribution in [3.05, 3.63) is 17.6 Å². The predicted molar refractivity (Wildman–Crippen MR) is 82.5 cm³/mol. The quantitative estimate of drug-likeness (QED) is 0.820. The molecule has 110 valence electrons. The first-order chi connectivity index (χ1) is 9.72. The van der Waals surface area contributed by atoms with Crippen molar-refractivity contribution >= 4 is 17.6 Å². The molecule has 2 saturated heterocycles. The maximum Gasteiger partial charge on any atom is 0.132 e. The van der Waals surface area contributed by atoms with Crippen LogP contribution in [0.2, 0.25) is 0 Å². The van der Waals surface area contributed by atoms with E-state index < -0.39 is 0 Å². The zero-order valence-corrected chi connectivity index (χ0v) is 13.0. The minimum atomic E-state index is 0.0772. The number of aromatic nitrogens is 2. The van der Waals surface area contributed by atoms with E-state index in [-0.39, 0.29) is 6.10 Å². The topological polar surface area (TPSA) is 41.5 Å². The van der Waals surface area contributed by atoms with E-state index in [9.17, 15) is 0 Å². The van der Waals surface area contributed by atoms with Gasteiger partial charge in [-0.3, -0.25) is 0 Å². The molecule has 0 radical (unpaired) electrons. The Labute approximate surface area is 124 Å². The van der Waals surface area contributed by atoms with Crippen molar-refractivity contribution < 1.29 is 4.74 Å². The molecule has 1 aromatic heterocycles. The van der Waals surface area contributed by atoms with Crippen LogP contribution in [0.5, 0.6) is 0 Å². The van der Waals surface area contributed by atoms with Crippen molar-refractivity contribution in [2.75, 3.05) is 56.2 Å². The van der Waals surface area contributed by atoms with Crippen LogP contribution >= 0.6 is 11.8 Å². The van der Waals surface area contributed by atoms with Gasteiger partial charge in [-0.15, -0.1) is 0 Å². The third kappa shape index (κ3) is 3.24. The molecule has 0 aliphatic carbocycles. The minimum absolute atomic E-state index is 0.0772. The van der Waals surface area contributed by atoms with Crippen LogP contribution in [0.3, 0.4) is 0 Å². The standard InChI is InChI=1S/C14H22N4OS/c1-11-15-12(13-10-17(2)3-6-19-13)9-14(16-11)18-4-7-20-8-5-18/h9,13H,3-8,10H2,1-2H3. The lowest BCUT2D eigenvalue weighted by Gasteiger charge is -2.31. The first-order valence-corrected chi connectivity index (χ1v) is 8.36. The van der Waals surface area contributed by atoms with Gasteiger partial charge in [-0.1, -0.05) is 0 Å². The third-order valence-corrected chi connectivity index (χ3v) is 4.72. The summed E-state index contributed by atoms with van der Waals surface area (Å²) in [5.74, 6) is 4.26. The van der Waals surface area contributed by atoms with Crippen LogP contribution < -0.4 is 4.90 Å². The molecule has 0 amide bonds. The molecule has 2 aliphatic rings. The molecule has 0 aromatic carbocycles. The predicted octanol–water partition coefficient (Wildman–Crippen LogP) is 1.34. The Balaban J connectivity index is 1.82. The second-order valence-corrected chi connectivity index (χ2v) is 6.64. The lowest BCUT2D eigenvalue weighted by molar-refractivity contribution is -0.0232. The van der Waals surface area contributed by atoms with E-state index in [1.54, 1.807) is 0 Å². The van der Waals surface area contributed by atoms with E-state index >= 15 is 0 Å². The van der Waals surface area contributed by atoms with E-state index in [0.29, 0.717) is 0 Å². The van der Waals surface area contributed by atoms with Gasteiger partial charge in [-0.2, -0.15) is 11.8 Å². The molecule has 20 heavy (non-hydrogen) atoms. The van der Waals surface area contributed by atoms with Crippen LogP contribution in [-0.4, -0.2) is 66.2 Å². The van der Waals surface area contributed by atoms with Gasteiger partial charge in [0, 0.05) is 43.8 Å². The summed E-state index contributed by atoms with van der Waals surface area (Å²) >= 11 is 2.01. The Morgan fingerprint density at radius 1 is 1.25 bits per heavy atom. The Bertz CT molecular complexity index is 464. The van der Waals surface area contributed by atoms with E-state index in [2.05, 4.69) is 32.9 Å². The lowest BCUT2D eigenvalue weighted by atomic mass is 10.2. The maximum absolute atomic E-state index is 5.88. The molecule has 0 saturated carbocycles. The fourth-order valence-corrected chi connectivity index (χ4v) is 3.55. The molecule has 0 spiro atoms. The van der Waals surface area contributed by atoms with Gasteiger partial charge in [0.2, 0.25) is 0 Å². The highest BCUT2D eigenvalue weighted by molar-refractivity contribution is 7.99.